The maximum Gasteiger partial charge on any atom is 0.413 e. The number of anilines is 1. The van der Waals surface area contributed by atoms with E-state index in [1.807, 2.05) is 48.5 Å². The van der Waals surface area contributed by atoms with Crippen LogP contribution < -0.4 is 5.32 Å². The number of rotatable bonds is 6. The molecule has 8 heteroatoms. The highest BCUT2D eigenvalue weighted by atomic mass is 16.5. The summed E-state index contributed by atoms with van der Waals surface area (Å²) in [6.45, 7) is 3.74. The Morgan fingerprint density at radius 2 is 1.64 bits per heavy atom. The van der Waals surface area contributed by atoms with E-state index < -0.39 is 6.09 Å². The van der Waals surface area contributed by atoms with Crippen LogP contribution in [0, 0.1) is 0 Å². The fraction of sp³-hybridized carbons (Fsp3) is 0.0645. The minimum absolute atomic E-state index is 0.0698. The van der Waals surface area contributed by atoms with Crippen LogP contribution in [0.5, 0.6) is 0 Å². The zero-order valence-electron chi connectivity index (χ0n) is 21.1. The molecule has 0 radical (unpaired) electrons. The minimum Gasteiger partial charge on any atom is -0.453 e. The molecule has 2 N–H and O–H groups in total. The van der Waals surface area contributed by atoms with Gasteiger partial charge in [-0.05, 0) is 42.0 Å². The number of methoxy groups -OCH3 is 1. The number of benzene rings is 3. The van der Waals surface area contributed by atoms with Gasteiger partial charge in [0.05, 0.1) is 18.1 Å². The molecule has 1 aliphatic carbocycles. The molecule has 0 saturated carbocycles. The largest absolute Gasteiger partial charge is 0.453 e. The molecule has 0 fully saturated rings. The fourth-order valence-corrected chi connectivity index (χ4v) is 3.99. The highest BCUT2D eigenvalue weighted by molar-refractivity contribution is 6.18. The first kappa shape index (κ1) is 26.7. The molecule has 0 saturated heterocycles. The number of nitrogens with one attached hydrogen (secondary N) is 2. The lowest BCUT2D eigenvalue weighted by molar-refractivity contribution is -0.114. The summed E-state index contributed by atoms with van der Waals surface area (Å²) in [6, 6.07) is 23.7. The molecule has 1 unspecified atom stereocenters. The van der Waals surface area contributed by atoms with Gasteiger partial charge in [0, 0.05) is 22.6 Å². The van der Waals surface area contributed by atoms with Crippen LogP contribution in [0.25, 0.3) is 11.0 Å². The smallest absolute Gasteiger partial charge is 0.413 e. The van der Waals surface area contributed by atoms with Gasteiger partial charge in [-0.25, -0.2) is 9.78 Å². The quantitative estimate of drug-likeness (QED) is 0.196. The van der Waals surface area contributed by atoms with Crippen molar-refractivity contribution < 1.29 is 23.9 Å². The predicted octanol–water partition coefficient (Wildman–Crippen LogP) is 5.56. The summed E-state index contributed by atoms with van der Waals surface area (Å²) in [5.41, 5.74) is 3.93. The number of ether oxygens (including phenoxy) is 1. The third kappa shape index (κ3) is 6.50. The van der Waals surface area contributed by atoms with Crippen molar-refractivity contribution in [3.05, 3.63) is 132 Å². The van der Waals surface area contributed by atoms with Crippen LogP contribution in [0.2, 0.25) is 0 Å². The van der Waals surface area contributed by atoms with Crippen molar-refractivity contribution in [3.8, 4) is 0 Å². The standard InChI is InChI=1S/C16H13N3O3.C15H12O2/c1-22-16(21)19-15-17-12-8-7-11(9-13(12)18-15)14(20)10-5-3-2-4-6-10;1-2-13(11-6-4-3-5-7-11)14-10-12(16)8-9-15(14)17/h2-9H,1H3,(H2,17,18,19,21);2-10,13H,1H2. The number of allylic oxidation sites excluding steroid dienone is 5. The van der Waals surface area contributed by atoms with Crippen molar-refractivity contribution in [1.29, 1.82) is 0 Å². The van der Waals surface area contributed by atoms with E-state index >= 15 is 0 Å². The van der Waals surface area contributed by atoms with Crippen molar-refractivity contribution in [2.45, 2.75) is 5.92 Å². The number of amides is 1. The third-order valence-electron chi connectivity index (χ3n) is 5.90. The summed E-state index contributed by atoms with van der Waals surface area (Å²) >= 11 is 0. The Bertz CT molecular complexity index is 1600. The Morgan fingerprint density at radius 1 is 0.949 bits per heavy atom. The van der Waals surface area contributed by atoms with Gasteiger partial charge in [-0.3, -0.25) is 19.7 Å². The minimum atomic E-state index is -0.611. The molecule has 0 bridgehead atoms. The summed E-state index contributed by atoms with van der Waals surface area (Å²) in [4.78, 5) is 53.8. The predicted molar refractivity (Wildman–Crippen MR) is 149 cm³/mol. The maximum atomic E-state index is 12.4. The number of ketones is 3. The molecule has 1 aliphatic rings. The Balaban J connectivity index is 0.000000187. The second kappa shape index (κ2) is 12.2. The number of hydrogen-bond acceptors (Lipinski definition) is 6. The highest BCUT2D eigenvalue weighted by Crippen LogP contribution is 2.27. The number of nitrogens with zero attached hydrogens (tertiary/aromatic N) is 1. The molecule has 39 heavy (non-hydrogen) atoms. The van der Waals surface area contributed by atoms with Crippen LogP contribution in [0.1, 0.15) is 27.4 Å². The van der Waals surface area contributed by atoms with Crippen molar-refractivity contribution in [2.75, 3.05) is 12.4 Å². The fourth-order valence-electron chi connectivity index (χ4n) is 3.99. The molecule has 3 aromatic carbocycles. The number of imidazole rings is 1. The number of carbonyl (C=O) groups is 4. The van der Waals surface area contributed by atoms with Crippen LogP contribution in [0.3, 0.4) is 0 Å². The first-order valence-electron chi connectivity index (χ1n) is 12.0. The topological polar surface area (TPSA) is 118 Å². The van der Waals surface area contributed by atoms with E-state index in [4.69, 9.17) is 0 Å². The van der Waals surface area contributed by atoms with Crippen LogP contribution >= 0.6 is 0 Å². The van der Waals surface area contributed by atoms with Crippen LogP contribution in [-0.2, 0) is 14.3 Å². The van der Waals surface area contributed by atoms with Gasteiger partial charge in [0.25, 0.3) is 0 Å². The Labute approximate surface area is 224 Å². The molecule has 194 valence electrons. The second-order valence-corrected chi connectivity index (χ2v) is 8.45. The zero-order valence-corrected chi connectivity index (χ0v) is 21.1. The maximum absolute atomic E-state index is 12.4. The lowest BCUT2D eigenvalue weighted by Crippen LogP contribution is -2.13. The summed E-state index contributed by atoms with van der Waals surface area (Å²) in [6.07, 6.45) is 5.07. The van der Waals surface area contributed by atoms with E-state index in [1.54, 1.807) is 36.4 Å². The van der Waals surface area contributed by atoms with E-state index in [0.29, 0.717) is 27.7 Å². The molecule has 1 amide bonds. The summed E-state index contributed by atoms with van der Waals surface area (Å²) in [5.74, 6) is -0.302. The first-order chi connectivity index (χ1) is 18.9. The van der Waals surface area contributed by atoms with Crippen molar-refractivity contribution in [3.63, 3.8) is 0 Å². The molecule has 1 atom stereocenters. The normalized spacial score (nSPS) is 13.1. The van der Waals surface area contributed by atoms with Gasteiger partial charge >= 0.3 is 6.09 Å². The summed E-state index contributed by atoms with van der Waals surface area (Å²) < 4.78 is 4.51. The van der Waals surface area contributed by atoms with Gasteiger partial charge in [0.1, 0.15) is 0 Å². The lowest BCUT2D eigenvalue weighted by atomic mass is 9.86. The zero-order chi connectivity index (χ0) is 27.8. The Kier molecular flexibility index (Phi) is 8.38. The Hall–Kier alpha value is -5.37. The number of aromatic amines is 1. The van der Waals surface area contributed by atoms with E-state index in [2.05, 4.69) is 26.6 Å². The van der Waals surface area contributed by atoms with E-state index in [-0.39, 0.29) is 29.2 Å². The van der Waals surface area contributed by atoms with Gasteiger partial charge in [0.2, 0.25) is 5.95 Å². The van der Waals surface area contributed by atoms with Gasteiger partial charge in [-0.1, -0.05) is 66.7 Å². The summed E-state index contributed by atoms with van der Waals surface area (Å²) in [5, 5.41) is 2.45. The van der Waals surface area contributed by atoms with E-state index in [0.717, 1.165) is 5.56 Å². The average Bonchev–Trinajstić information content (AvgIpc) is 3.37. The number of H-pyrrole nitrogens is 1. The highest BCUT2D eigenvalue weighted by Gasteiger charge is 2.21. The van der Waals surface area contributed by atoms with Crippen LogP contribution in [0.4, 0.5) is 10.7 Å². The number of fused-ring (bicyclic) bond motifs is 1. The lowest BCUT2D eigenvalue weighted by Gasteiger charge is -2.16. The van der Waals surface area contributed by atoms with Crippen molar-refractivity contribution >= 4 is 40.4 Å². The second-order valence-electron chi connectivity index (χ2n) is 8.45. The SMILES string of the molecule is C=CC(C1=CC(=O)C=CC1=O)c1ccccc1.COC(=O)Nc1nc2ccc(C(=O)c3ccccc3)cc2[nH]1. The number of aromatic nitrogens is 2. The molecule has 0 spiro atoms. The average molecular weight is 520 g/mol. The number of carbonyl (C=O) groups excluding carboxylic acids is 4. The monoisotopic (exact) mass is 519 g/mol. The molecule has 8 nitrogen and oxygen atoms in total. The van der Waals surface area contributed by atoms with Crippen molar-refractivity contribution in [2.24, 2.45) is 0 Å². The molecular formula is C31H25N3O5. The summed E-state index contributed by atoms with van der Waals surface area (Å²) in [7, 11) is 1.27. The molecule has 5 rings (SSSR count). The van der Waals surface area contributed by atoms with Crippen molar-refractivity contribution in [1.82, 2.24) is 9.97 Å². The number of hydrogen-bond donors (Lipinski definition) is 2. The van der Waals surface area contributed by atoms with E-state index in [9.17, 15) is 19.2 Å². The molecule has 4 aromatic rings. The first-order valence-corrected chi connectivity index (χ1v) is 12.0. The molecule has 1 heterocycles. The van der Waals surface area contributed by atoms with Gasteiger partial charge < -0.3 is 9.72 Å². The van der Waals surface area contributed by atoms with Crippen LogP contribution in [0.15, 0.2) is 115 Å². The molecule has 1 aromatic heterocycles. The Morgan fingerprint density at radius 3 is 2.31 bits per heavy atom. The van der Waals surface area contributed by atoms with Crippen LogP contribution in [-0.4, -0.2) is 40.5 Å². The van der Waals surface area contributed by atoms with E-state index in [1.165, 1.54) is 25.3 Å². The van der Waals surface area contributed by atoms with Gasteiger partial charge in [0.15, 0.2) is 17.3 Å². The molecule has 0 aliphatic heterocycles. The van der Waals surface area contributed by atoms with Gasteiger partial charge in [-0.2, -0.15) is 0 Å². The molecular weight excluding hydrogens is 494 g/mol. The third-order valence-corrected chi connectivity index (χ3v) is 5.90. The van der Waals surface area contributed by atoms with Gasteiger partial charge in [-0.15, -0.1) is 6.58 Å².